The van der Waals surface area contributed by atoms with Crippen molar-refractivity contribution in [1.82, 2.24) is 28.5 Å². The summed E-state index contributed by atoms with van der Waals surface area (Å²) < 4.78 is 9.08. The van der Waals surface area contributed by atoms with Gasteiger partial charge in [0, 0.05) is 26.5 Å². The molecule has 0 radical (unpaired) electrons. The number of hydrogen-bond donors (Lipinski definition) is 0. The predicted molar refractivity (Wildman–Crippen MR) is 256 cm³/mol. The average Bonchev–Trinajstić information content (AvgIpc) is 4.07. The molecule has 0 amide bonds. The van der Waals surface area contributed by atoms with E-state index in [1.54, 1.807) is 11.3 Å². The molecule has 286 valence electrons. The molecule has 0 atom stereocenters. The number of fused-ring (bicyclic) bond motifs is 11. The number of thiophene rings is 1. The molecule has 0 spiro atoms. The fraction of sp³-hybridized carbons (Fsp3) is 0. The Morgan fingerprint density at radius 1 is 0.410 bits per heavy atom. The molecule has 13 aromatic rings. The highest BCUT2D eigenvalue weighted by Crippen LogP contribution is 2.37. The van der Waals surface area contributed by atoms with Crippen molar-refractivity contribution >= 4 is 110 Å². The first-order chi connectivity index (χ1) is 30.3. The Hall–Kier alpha value is -7.65. The lowest BCUT2D eigenvalue weighted by molar-refractivity contribution is 1.01. The Morgan fingerprint density at radius 2 is 0.984 bits per heavy atom. The van der Waals surface area contributed by atoms with Crippen molar-refractivity contribution in [3.05, 3.63) is 206 Å². The van der Waals surface area contributed by atoms with E-state index in [1.807, 2.05) is 6.20 Å². The first-order valence-electron chi connectivity index (χ1n) is 20.5. The van der Waals surface area contributed by atoms with Gasteiger partial charge in [-0.05, 0) is 75.3 Å². The van der Waals surface area contributed by atoms with E-state index in [1.165, 1.54) is 36.2 Å². The number of aromatic nitrogens is 6. The molecule has 0 unspecified atom stereocenters. The van der Waals surface area contributed by atoms with E-state index in [2.05, 4.69) is 214 Å². The summed E-state index contributed by atoms with van der Waals surface area (Å²) in [7, 11) is -2.77. The summed E-state index contributed by atoms with van der Waals surface area (Å²) in [5, 5.41) is 8.82. The van der Waals surface area contributed by atoms with Crippen LogP contribution in [0.15, 0.2) is 206 Å². The fourth-order valence-electron chi connectivity index (χ4n) is 9.88. The van der Waals surface area contributed by atoms with E-state index in [4.69, 9.17) is 15.0 Å². The van der Waals surface area contributed by atoms with Gasteiger partial charge in [-0.15, -0.1) is 11.3 Å². The number of imidazole rings is 2. The molecule has 0 bridgehead atoms. The molecular weight excluding hydrogens is 781 g/mol. The summed E-state index contributed by atoms with van der Waals surface area (Å²) in [5.74, 6) is 1.54. The molecule has 5 heterocycles. The van der Waals surface area contributed by atoms with E-state index in [0.29, 0.717) is 5.95 Å². The van der Waals surface area contributed by atoms with Crippen molar-refractivity contribution in [2.75, 3.05) is 0 Å². The Kier molecular flexibility index (Phi) is 7.39. The summed E-state index contributed by atoms with van der Waals surface area (Å²) in [4.78, 5) is 15.7. The normalized spacial score (nSPS) is 12.3. The average molecular weight is 815 g/mol. The summed E-state index contributed by atoms with van der Waals surface area (Å²) in [6, 6.07) is 72.7. The molecule has 61 heavy (non-hydrogen) atoms. The monoisotopic (exact) mass is 814 g/mol. The molecule has 5 aromatic heterocycles. The number of nitrogens with zero attached hydrogens (tertiary/aromatic N) is 6. The largest absolute Gasteiger partial charge is 0.278 e. The van der Waals surface area contributed by atoms with Gasteiger partial charge in [0.15, 0.2) is 8.07 Å². The third-order valence-electron chi connectivity index (χ3n) is 12.5. The van der Waals surface area contributed by atoms with Crippen LogP contribution >= 0.6 is 11.3 Å². The zero-order valence-electron chi connectivity index (χ0n) is 32.7. The Balaban J connectivity index is 1.04. The molecule has 8 aromatic carbocycles. The van der Waals surface area contributed by atoms with Crippen molar-refractivity contribution in [3.8, 4) is 11.6 Å². The quantitative estimate of drug-likeness (QED) is 0.124. The second-order valence-corrected chi connectivity index (χ2v) is 20.6. The maximum absolute atomic E-state index is 5.42. The van der Waals surface area contributed by atoms with Crippen LogP contribution in [0.5, 0.6) is 0 Å². The first-order valence-corrected chi connectivity index (χ1v) is 23.3. The number of rotatable bonds is 6. The van der Waals surface area contributed by atoms with Crippen LogP contribution in [-0.4, -0.2) is 36.6 Å². The van der Waals surface area contributed by atoms with Crippen LogP contribution in [0.25, 0.3) is 81.6 Å². The molecule has 0 aliphatic rings. The van der Waals surface area contributed by atoms with E-state index in [-0.39, 0.29) is 0 Å². The summed E-state index contributed by atoms with van der Waals surface area (Å²) in [5.41, 5.74) is 8.42. The first kappa shape index (κ1) is 34.2. The minimum absolute atomic E-state index is 0.667. The number of para-hydroxylation sites is 4. The predicted octanol–water partition coefficient (Wildman–Crippen LogP) is 10.1. The van der Waals surface area contributed by atoms with Crippen LogP contribution < -0.4 is 20.7 Å². The third-order valence-corrected chi connectivity index (χ3v) is 18.3. The van der Waals surface area contributed by atoms with Gasteiger partial charge in [-0.1, -0.05) is 146 Å². The molecule has 0 aliphatic heterocycles. The smallest absolute Gasteiger partial charge is 0.235 e. The number of benzene rings is 8. The van der Waals surface area contributed by atoms with Crippen LogP contribution in [0.4, 0.5) is 0 Å². The molecule has 0 fully saturated rings. The highest BCUT2D eigenvalue weighted by molar-refractivity contribution is 7.25. The Bertz CT molecular complexity index is 3680. The van der Waals surface area contributed by atoms with E-state index in [0.717, 1.165) is 60.2 Å². The molecule has 6 nitrogen and oxygen atoms in total. The fourth-order valence-corrected chi connectivity index (χ4v) is 15.6. The topological polar surface area (TPSA) is 52.9 Å². The van der Waals surface area contributed by atoms with Crippen molar-refractivity contribution < 1.29 is 0 Å². The van der Waals surface area contributed by atoms with Crippen LogP contribution in [0.1, 0.15) is 0 Å². The minimum Gasteiger partial charge on any atom is -0.278 e. The van der Waals surface area contributed by atoms with Gasteiger partial charge in [0.05, 0.1) is 49.5 Å². The van der Waals surface area contributed by atoms with Gasteiger partial charge in [-0.25, -0.2) is 15.0 Å². The van der Waals surface area contributed by atoms with E-state index in [9.17, 15) is 0 Å². The SMILES string of the molecule is c1ccc([Si](c2ccccc2)(c2ccccc2)c2ccc3nc4n(-c5ccc6sc7cnc(-n8c9ccccc9c9ccccc98)nc7c6c5)c5ccccc5n4c3c2)cc1. The molecule has 0 saturated heterocycles. The van der Waals surface area contributed by atoms with Crippen molar-refractivity contribution in [2.45, 2.75) is 0 Å². The summed E-state index contributed by atoms with van der Waals surface area (Å²) >= 11 is 1.73. The Morgan fingerprint density at radius 3 is 1.62 bits per heavy atom. The highest BCUT2D eigenvalue weighted by atomic mass is 32.1. The molecule has 8 heteroatoms. The number of hydrogen-bond acceptors (Lipinski definition) is 4. The zero-order valence-corrected chi connectivity index (χ0v) is 34.5. The lowest BCUT2D eigenvalue weighted by Crippen LogP contribution is -2.74. The third kappa shape index (κ3) is 4.91. The maximum atomic E-state index is 5.42. The lowest BCUT2D eigenvalue weighted by Gasteiger charge is -2.34. The van der Waals surface area contributed by atoms with Crippen LogP contribution in [-0.2, 0) is 0 Å². The summed E-state index contributed by atoms with van der Waals surface area (Å²) in [6.07, 6.45) is 1.98. The van der Waals surface area contributed by atoms with Crippen molar-refractivity contribution in [2.24, 2.45) is 0 Å². The zero-order chi connectivity index (χ0) is 40.1. The highest BCUT2D eigenvalue weighted by Gasteiger charge is 2.41. The van der Waals surface area contributed by atoms with Crippen LogP contribution in [0.2, 0.25) is 0 Å². The van der Waals surface area contributed by atoms with Gasteiger partial charge in [0.1, 0.15) is 0 Å². The Labute approximate surface area is 354 Å². The van der Waals surface area contributed by atoms with Gasteiger partial charge < -0.3 is 0 Å². The molecule has 0 saturated carbocycles. The second-order valence-electron chi connectivity index (χ2n) is 15.7. The van der Waals surface area contributed by atoms with Crippen LogP contribution in [0, 0.1) is 0 Å². The standard InChI is InChI=1S/C53H34N6SSi/c1-4-16-36(17-5-1)61(37-18-6-2-7-19-37,38-20-8-3-9-21-38)39-29-30-43-48(33-39)59-47-27-15-14-26-46(47)57(53(59)55-43)35-28-31-49-42(32-35)51-50(60-49)34-54-52(56-51)58-44-24-12-10-22-40(44)41-23-11-13-25-45(41)58/h1-34H. The van der Waals surface area contributed by atoms with Gasteiger partial charge in [0.2, 0.25) is 11.7 Å². The van der Waals surface area contributed by atoms with Gasteiger partial charge >= 0.3 is 0 Å². The van der Waals surface area contributed by atoms with E-state index >= 15 is 0 Å². The second kappa shape index (κ2) is 13.2. The lowest BCUT2D eigenvalue weighted by atomic mass is 10.2. The van der Waals surface area contributed by atoms with E-state index < -0.39 is 8.07 Å². The van der Waals surface area contributed by atoms with Crippen molar-refractivity contribution in [1.29, 1.82) is 0 Å². The molecule has 13 rings (SSSR count). The van der Waals surface area contributed by atoms with Gasteiger partial charge in [0.25, 0.3) is 0 Å². The maximum Gasteiger partial charge on any atom is 0.235 e. The summed E-state index contributed by atoms with van der Waals surface area (Å²) in [6.45, 7) is 0. The minimum atomic E-state index is -2.77. The molecular formula is C53H34N6SSi. The van der Waals surface area contributed by atoms with Gasteiger partial charge in [-0.3, -0.25) is 13.5 Å². The van der Waals surface area contributed by atoms with Crippen LogP contribution in [0.3, 0.4) is 0 Å². The van der Waals surface area contributed by atoms with Crippen molar-refractivity contribution in [3.63, 3.8) is 0 Å². The molecule has 0 N–H and O–H groups in total. The van der Waals surface area contributed by atoms with Gasteiger partial charge in [-0.2, -0.15) is 0 Å². The molecule has 0 aliphatic carbocycles.